The average Bonchev–Trinajstić information content (AvgIpc) is 3.43. The molecule has 1 saturated carbocycles. The Kier molecular flexibility index (Phi) is 6.20. The van der Waals surface area contributed by atoms with Crippen LogP contribution in [-0.4, -0.2) is 16.9 Å². The molecule has 4 N–H and O–H groups in total. The molecule has 2 unspecified atom stereocenters. The van der Waals surface area contributed by atoms with E-state index in [0.29, 0.717) is 23.7 Å². The monoisotopic (exact) mass is 400 g/mol. The second kappa shape index (κ2) is 8.79. The number of hydrogen-bond acceptors (Lipinski definition) is 3. The summed E-state index contributed by atoms with van der Waals surface area (Å²) >= 11 is 5.10. The largest absolute Gasteiger partial charge is 0.357 e. The second-order valence-electron chi connectivity index (χ2n) is 6.77. The van der Waals surface area contributed by atoms with Gasteiger partial charge in [-0.1, -0.05) is 19.1 Å². The molecule has 1 fully saturated rings. The highest BCUT2D eigenvalue weighted by Gasteiger charge is 2.39. The number of hydrogen-bond donors (Lipinski definition) is 4. The van der Waals surface area contributed by atoms with Crippen LogP contribution in [0.4, 0.5) is 10.1 Å². The number of nitrogens with one attached hydrogen (secondary N) is 4. The van der Waals surface area contributed by atoms with E-state index in [-0.39, 0.29) is 28.7 Å². The lowest BCUT2D eigenvalue weighted by atomic mass is 10.2. The Balaban J connectivity index is 1.41. The minimum atomic E-state index is -0.361. The molecule has 0 spiro atoms. The van der Waals surface area contributed by atoms with Crippen LogP contribution in [0, 0.1) is 17.7 Å². The van der Waals surface area contributed by atoms with E-state index in [1.807, 2.05) is 6.92 Å². The summed E-state index contributed by atoms with van der Waals surface area (Å²) in [5, 5.41) is 5.99. The van der Waals surface area contributed by atoms with E-state index in [4.69, 9.17) is 12.2 Å². The Bertz CT molecular complexity index is 871. The van der Waals surface area contributed by atoms with Crippen molar-refractivity contribution < 1.29 is 14.0 Å². The van der Waals surface area contributed by atoms with Crippen LogP contribution >= 0.6 is 12.2 Å². The predicted molar refractivity (Wildman–Crippen MR) is 109 cm³/mol. The fraction of sp³-hybridized carbons (Fsp3) is 0.250. The lowest BCUT2D eigenvalue weighted by molar-refractivity contribution is -0.117. The van der Waals surface area contributed by atoms with Gasteiger partial charge in [0.25, 0.3) is 5.91 Å². The molecule has 0 heterocycles. The molecule has 1 aliphatic carbocycles. The molecule has 0 aromatic heterocycles. The molecule has 146 valence electrons. The molecule has 0 aliphatic heterocycles. The molecule has 2 amide bonds. The molecule has 28 heavy (non-hydrogen) atoms. The van der Waals surface area contributed by atoms with Gasteiger partial charge in [-0.25, -0.2) is 4.39 Å². The molecule has 0 radical (unpaired) electrons. The van der Waals surface area contributed by atoms with Crippen molar-refractivity contribution in [3.63, 3.8) is 0 Å². The van der Waals surface area contributed by atoms with E-state index in [1.54, 1.807) is 36.4 Å². The van der Waals surface area contributed by atoms with Gasteiger partial charge >= 0.3 is 0 Å². The summed E-state index contributed by atoms with van der Waals surface area (Å²) in [7, 11) is 0. The zero-order valence-corrected chi connectivity index (χ0v) is 16.1. The van der Waals surface area contributed by atoms with Crippen LogP contribution in [0.1, 0.15) is 29.3 Å². The van der Waals surface area contributed by atoms with E-state index in [0.717, 1.165) is 12.0 Å². The van der Waals surface area contributed by atoms with Crippen LogP contribution in [0.3, 0.4) is 0 Å². The number of thiocarbonyl (C=S) groups is 1. The molecular weight excluding hydrogens is 379 g/mol. The van der Waals surface area contributed by atoms with Gasteiger partial charge in [0.15, 0.2) is 5.11 Å². The van der Waals surface area contributed by atoms with E-state index in [2.05, 4.69) is 21.5 Å². The van der Waals surface area contributed by atoms with E-state index < -0.39 is 0 Å². The summed E-state index contributed by atoms with van der Waals surface area (Å²) in [6.45, 7) is 2.44. The predicted octanol–water partition coefficient (Wildman–Crippen LogP) is 2.73. The normalized spacial score (nSPS) is 17.4. The third kappa shape index (κ3) is 5.50. The summed E-state index contributed by atoms with van der Waals surface area (Å²) in [4.78, 5) is 24.1. The van der Waals surface area contributed by atoms with Gasteiger partial charge in [-0.3, -0.25) is 20.4 Å². The first-order chi connectivity index (χ1) is 13.4. The van der Waals surface area contributed by atoms with E-state index >= 15 is 0 Å². The van der Waals surface area contributed by atoms with Crippen molar-refractivity contribution in [1.29, 1.82) is 0 Å². The smallest absolute Gasteiger partial charge is 0.269 e. The van der Waals surface area contributed by atoms with Crippen molar-refractivity contribution in [2.75, 3.05) is 5.32 Å². The number of carbonyl (C=O) groups is 2. The lowest BCUT2D eigenvalue weighted by Crippen LogP contribution is -2.46. The fourth-order valence-corrected chi connectivity index (χ4v) is 2.77. The number of amides is 2. The first kappa shape index (κ1) is 19.8. The average molecular weight is 400 g/mol. The van der Waals surface area contributed by atoms with Crippen LogP contribution in [0.25, 0.3) is 0 Å². The summed E-state index contributed by atoms with van der Waals surface area (Å²) in [5.41, 5.74) is 7.05. The second-order valence-corrected chi connectivity index (χ2v) is 7.18. The van der Waals surface area contributed by atoms with Gasteiger partial charge in [-0.05, 0) is 66.5 Å². The third-order valence-corrected chi connectivity index (χ3v) is 4.76. The van der Waals surface area contributed by atoms with Crippen molar-refractivity contribution in [1.82, 2.24) is 16.2 Å². The first-order valence-corrected chi connectivity index (χ1v) is 9.33. The summed E-state index contributed by atoms with van der Waals surface area (Å²) in [6, 6.07) is 12.6. The number of benzene rings is 2. The van der Waals surface area contributed by atoms with Crippen molar-refractivity contribution >= 4 is 34.8 Å². The van der Waals surface area contributed by atoms with Crippen LogP contribution in [0.5, 0.6) is 0 Å². The van der Waals surface area contributed by atoms with Crippen molar-refractivity contribution in [3.8, 4) is 0 Å². The Morgan fingerprint density at radius 2 is 1.71 bits per heavy atom. The first-order valence-electron chi connectivity index (χ1n) is 8.92. The maximum absolute atomic E-state index is 12.9. The van der Waals surface area contributed by atoms with Gasteiger partial charge in [0.1, 0.15) is 5.82 Å². The topological polar surface area (TPSA) is 82.3 Å². The molecule has 8 heteroatoms. The molecule has 3 rings (SSSR count). The third-order valence-electron chi connectivity index (χ3n) is 4.52. The van der Waals surface area contributed by atoms with Gasteiger partial charge < -0.3 is 10.6 Å². The molecule has 0 bridgehead atoms. The maximum Gasteiger partial charge on any atom is 0.269 e. The quantitative estimate of drug-likeness (QED) is 0.458. The molecule has 2 aromatic carbocycles. The van der Waals surface area contributed by atoms with E-state index in [9.17, 15) is 14.0 Å². The van der Waals surface area contributed by atoms with Gasteiger partial charge in [-0.2, -0.15) is 0 Å². The van der Waals surface area contributed by atoms with Crippen LogP contribution in [0.15, 0.2) is 48.5 Å². The van der Waals surface area contributed by atoms with Crippen LogP contribution < -0.4 is 21.5 Å². The molecule has 6 nitrogen and oxygen atoms in total. The molecule has 2 atom stereocenters. The molecule has 1 aliphatic rings. The van der Waals surface area contributed by atoms with Gasteiger partial charge in [0, 0.05) is 23.7 Å². The van der Waals surface area contributed by atoms with Crippen molar-refractivity contribution in [3.05, 3.63) is 65.5 Å². The van der Waals surface area contributed by atoms with Gasteiger partial charge in [0.2, 0.25) is 5.91 Å². The number of anilines is 1. The standard InChI is InChI=1S/C20H21FN4O2S/c1-12-10-17(12)19(27)23-16-8-4-14(5-9-16)18(26)24-25-20(28)22-11-13-2-6-15(21)7-3-13/h2-9,12,17H,10-11H2,1H3,(H,23,27)(H,24,26)(H2,22,25,28). The number of halogens is 1. The Labute approximate surface area is 167 Å². The molecule has 2 aromatic rings. The highest BCUT2D eigenvalue weighted by Crippen LogP contribution is 2.38. The summed E-state index contributed by atoms with van der Waals surface area (Å²) in [6.07, 6.45) is 0.924. The Morgan fingerprint density at radius 3 is 2.32 bits per heavy atom. The maximum atomic E-state index is 12.9. The molecule has 0 saturated heterocycles. The van der Waals surface area contributed by atoms with Crippen molar-refractivity contribution in [2.24, 2.45) is 11.8 Å². The Hall–Kier alpha value is -3.00. The minimum absolute atomic E-state index is 0.0175. The number of carbonyl (C=O) groups excluding carboxylic acids is 2. The number of hydrazine groups is 1. The Morgan fingerprint density at radius 1 is 1.07 bits per heavy atom. The van der Waals surface area contributed by atoms with Crippen LogP contribution in [-0.2, 0) is 11.3 Å². The summed E-state index contributed by atoms with van der Waals surface area (Å²) in [5.74, 6) is -0.111. The number of rotatable bonds is 5. The van der Waals surface area contributed by atoms with Crippen LogP contribution in [0.2, 0.25) is 0 Å². The van der Waals surface area contributed by atoms with E-state index in [1.165, 1.54) is 12.1 Å². The highest BCUT2D eigenvalue weighted by atomic mass is 32.1. The van der Waals surface area contributed by atoms with Gasteiger partial charge in [-0.15, -0.1) is 0 Å². The fourth-order valence-electron chi connectivity index (χ4n) is 2.64. The minimum Gasteiger partial charge on any atom is -0.357 e. The molecular formula is C20H21FN4O2S. The SMILES string of the molecule is CC1CC1C(=O)Nc1ccc(C(=O)NNC(=S)NCc2ccc(F)cc2)cc1. The van der Waals surface area contributed by atoms with Crippen molar-refractivity contribution in [2.45, 2.75) is 19.9 Å². The zero-order valence-electron chi connectivity index (χ0n) is 15.3. The van der Waals surface area contributed by atoms with Gasteiger partial charge in [0.05, 0.1) is 0 Å². The lowest BCUT2D eigenvalue weighted by Gasteiger charge is -2.12. The zero-order chi connectivity index (χ0) is 20.1. The summed E-state index contributed by atoms with van der Waals surface area (Å²) < 4.78 is 12.9. The highest BCUT2D eigenvalue weighted by molar-refractivity contribution is 7.80.